The normalized spacial score (nSPS) is 16.2. The van der Waals surface area contributed by atoms with Crippen molar-refractivity contribution in [1.29, 1.82) is 0 Å². The topological polar surface area (TPSA) is 63.6 Å². The number of ether oxygens (including phenoxy) is 1. The number of carbonyl (C=O) groups excluding carboxylic acids is 1. The van der Waals surface area contributed by atoms with Gasteiger partial charge >= 0.3 is 5.97 Å². The van der Waals surface area contributed by atoms with Gasteiger partial charge in [0.05, 0.1) is 5.60 Å². The van der Waals surface area contributed by atoms with Crippen LogP contribution in [0.3, 0.4) is 0 Å². The molecule has 5 heteroatoms. The SMILES string of the molecule is CC(C)(C)OC(C=O)C(C)(C(=O)O)c1ccc(Cl)cc1. The second kappa shape index (κ2) is 5.94. The van der Waals surface area contributed by atoms with Crippen molar-refractivity contribution in [1.82, 2.24) is 0 Å². The molecule has 0 aliphatic carbocycles. The first-order valence-corrected chi connectivity index (χ1v) is 6.61. The van der Waals surface area contributed by atoms with E-state index < -0.39 is 23.1 Å². The Labute approximate surface area is 123 Å². The van der Waals surface area contributed by atoms with Crippen LogP contribution in [0.25, 0.3) is 0 Å². The van der Waals surface area contributed by atoms with E-state index in [1.54, 1.807) is 45.0 Å². The molecule has 110 valence electrons. The molecule has 0 aliphatic heterocycles. The first kappa shape index (κ1) is 16.7. The van der Waals surface area contributed by atoms with Crippen molar-refractivity contribution in [3.8, 4) is 0 Å². The highest BCUT2D eigenvalue weighted by molar-refractivity contribution is 6.30. The minimum atomic E-state index is -1.47. The number of aliphatic carboxylic acids is 1. The Hall–Kier alpha value is -1.39. The van der Waals surface area contributed by atoms with Gasteiger partial charge in [0.25, 0.3) is 0 Å². The zero-order valence-corrected chi connectivity index (χ0v) is 12.8. The van der Waals surface area contributed by atoms with Crippen molar-refractivity contribution in [3.05, 3.63) is 34.9 Å². The summed E-state index contributed by atoms with van der Waals surface area (Å²) in [6, 6.07) is 6.38. The molecule has 1 rings (SSSR count). The minimum absolute atomic E-state index is 0.468. The number of aldehydes is 1. The summed E-state index contributed by atoms with van der Waals surface area (Å²) in [5.41, 5.74) is -1.63. The molecule has 0 saturated heterocycles. The van der Waals surface area contributed by atoms with E-state index in [1.165, 1.54) is 6.92 Å². The van der Waals surface area contributed by atoms with Crippen molar-refractivity contribution >= 4 is 23.9 Å². The number of carbonyl (C=O) groups is 2. The van der Waals surface area contributed by atoms with Gasteiger partial charge < -0.3 is 14.6 Å². The molecule has 0 fully saturated rings. The van der Waals surface area contributed by atoms with E-state index in [-0.39, 0.29) is 0 Å². The van der Waals surface area contributed by atoms with Crippen LogP contribution in [0.4, 0.5) is 0 Å². The molecule has 0 bridgehead atoms. The zero-order valence-electron chi connectivity index (χ0n) is 12.0. The molecule has 1 aromatic rings. The lowest BCUT2D eigenvalue weighted by Crippen LogP contribution is -2.49. The first-order chi connectivity index (χ1) is 9.11. The Bertz CT molecular complexity index is 490. The van der Waals surface area contributed by atoms with Crippen LogP contribution in [-0.2, 0) is 19.7 Å². The average Bonchev–Trinajstić information content (AvgIpc) is 2.34. The third kappa shape index (κ3) is 3.58. The smallest absolute Gasteiger partial charge is 0.316 e. The van der Waals surface area contributed by atoms with Gasteiger partial charge in [0, 0.05) is 5.02 Å². The fourth-order valence-corrected chi connectivity index (χ4v) is 1.99. The minimum Gasteiger partial charge on any atom is -0.480 e. The quantitative estimate of drug-likeness (QED) is 0.849. The monoisotopic (exact) mass is 298 g/mol. The first-order valence-electron chi connectivity index (χ1n) is 6.24. The van der Waals surface area contributed by atoms with Crippen LogP contribution >= 0.6 is 11.6 Å². The molecule has 0 radical (unpaired) electrons. The summed E-state index contributed by atoms with van der Waals surface area (Å²) in [7, 11) is 0. The van der Waals surface area contributed by atoms with E-state index in [9.17, 15) is 14.7 Å². The predicted octanol–water partition coefficient (Wildman–Crippen LogP) is 3.06. The molecular weight excluding hydrogens is 280 g/mol. The van der Waals surface area contributed by atoms with Crippen molar-refractivity contribution in [2.75, 3.05) is 0 Å². The van der Waals surface area contributed by atoms with Crippen molar-refractivity contribution in [2.45, 2.75) is 44.8 Å². The van der Waals surface area contributed by atoms with E-state index in [4.69, 9.17) is 16.3 Å². The Morgan fingerprint density at radius 2 is 1.75 bits per heavy atom. The second-order valence-corrected chi connectivity index (χ2v) is 6.24. The summed E-state index contributed by atoms with van der Waals surface area (Å²) in [5.74, 6) is -1.12. The van der Waals surface area contributed by atoms with Crippen LogP contribution in [0, 0.1) is 0 Å². The van der Waals surface area contributed by atoms with Crippen molar-refractivity contribution in [2.24, 2.45) is 0 Å². The summed E-state index contributed by atoms with van der Waals surface area (Å²) in [4.78, 5) is 23.1. The van der Waals surface area contributed by atoms with Gasteiger partial charge in [0.2, 0.25) is 0 Å². The highest BCUT2D eigenvalue weighted by atomic mass is 35.5. The molecule has 2 atom stereocenters. The summed E-state index contributed by atoms with van der Waals surface area (Å²) >= 11 is 5.81. The molecule has 0 spiro atoms. The Morgan fingerprint density at radius 3 is 2.10 bits per heavy atom. The van der Waals surface area contributed by atoms with E-state index in [0.29, 0.717) is 16.9 Å². The molecule has 0 aromatic heterocycles. The maximum Gasteiger partial charge on any atom is 0.316 e. The summed E-state index contributed by atoms with van der Waals surface area (Å²) in [6.07, 6.45) is -0.560. The van der Waals surface area contributed by atoms with Gasteiger partial charge in [-0.1, -0.05) is 23.7 Å². The lowest BCUT2D eigenvalue weighted by molar-refractivity contribution is -0.160. The van der Waals surface area contributed by atoms with Crippen LogP contribution in [0.15, 0.2) is 24.3 Å². The molecule has 0 heterocycles. The Morgan fingerprint density at radius 1 is 1.25 bits per heavy atom. The van der Waals surface area contributed by atoms with Crippen LogP contribution in [0.5, 0.6) is 0 Å². The van der Waals surface area contributed by atoms with E-state index >= 15 is 0 Å². The largest absolute Gasteiger partial charge is 0.480 e. The lowest BCUT2D eigenvalue weighted by atomic mass is 9.77. The van der Waals surface area contributed by atoms with E-state index in [0.717, 1.165) is 0 Å². The molecule has 0 amide bonds. The van der Waals surface area contributed by atoms with Gasteiger partial charge in [0.1, 0.15) is 17.8 Å². The van der Waals surface area contributed by atoms with E-state index in [1.807, 2.05) is 0 Å². The number of carboxylic acid groups (broad SMARTS) is 1. The summed E-state index contributed by atoms with van der Waals surface area (Å²) in [6.45, 7) is 6.79. The third-order valence-electron chi connectivity index (χ3n) is 3.06. The Kier molecular flexibility index (Phi) is 4.95. The van der Waals surface area contributed by atoms with Gasteiger partial charge in [-0.15, -0.1) is 0 Å². The second-order valence-electron chi connectivity index (χ2n) is 5.80. The fraction of sp³-hybridized carbons (Fsp3) is 0.467. The van der Waals surface area contributed by atoms with Gasteiger partial charge in [-0.2, -0.15) is 0 Å². The average molecular weight is 299 g/mol. The summed E-state index contributed by atoms with van der Waals surface area (Å²) < 4.78 is 5.62. The number of hydrogen-bond acceptors (Lipinski definition) is 3. The number of hydrogen-bond donors (Lipinski definition) is 1. The van der Waals surface area contributed by atoms with Gasteiger partial charge in [-0.3, -0.25) is 4.79 Å². The zero-order chi connectivity index (χ0) is 15.6. The van der Waals surface area contributed by atoms with Crippen LogP contribution in [0.1, 0.15) is 33.3 Å². The third-order valence-corrected chi connectivity index (χ3v) is 3.31. The standard InChI is InChI=1S/C15H19ClO4/c1-14(2,3)20-12(9-17)15(4,13(18)19)10-5-7-11(16)8-6-10/h5-9,12H,1-4H3,(H,18,19). The number of rotatable bonds is 5. The highest BCUT2D eigenvalue weighted by Gasteiger charge is 2.45. The molecule has 0 aliphatic rings. The van der Waals surface area contributed by atoms with E-state index in [2.05, 4.69) is 0 Å². The van der Waals surface area contributed by atoms with Crippen LogP contribution in [-0.4, -0.2) is 29.1 Å². The highest BCUT2D eigenvalue weighted by Crippen LogP contribution is 2.32. The van der Waals surface area contributed by atoms with Crippen molar-refractivity contribution in [3.63, 3.8) is 0 Å². The molecule has 1 N–H and O–H groups in total. The molecule has 20 heavy (non-hydrogen) atoms. The maximum atomic E-state index is 11.7. The number of benzene rings is 1. The molecule has 0 saturated carbocycles. The van der Waals surface area contributed by atoms with Gasteiger partial charge in [-0.25, -0.2) is 0 Å². The lowest BCUT2D eigenvalue weighted by Gasteiger charge is -2.35. The summed E-state index contributed by atoms with van der Waals surface area (Å²) in [5, 5.41) is 10.1. The Balaban J connectivity index is 3.29. The van der Waals surface area contributed by atoms with Gasteiger partial charge in [0.15, 0.2) is 0 Å². The van der Waals surface area contributed by atoms with Crippen molar-refractivity contribution < 1.29 is 19.4 Å². The predicted molar refractivity (Wildman–Crippen MR) is 77.1 cm³/mol. The molecule has 4 nitrogen and oxygen atoms in total. The number of carboxylic acids is 1. The van der Waals surface area contributed by atoms with Gasteiger partial charge in [-0.05, 0) is 45.4 Å². The molecular formula is C15H19ClO4. The molecule has 1 aromatic carbocycles. The fourth-order valence-electron chi connectivity index (χ4n) is 1.87. The number of halogens is 1. The van der Waals surface area contributed by atoms with Crippen LogP contribution in [0.2, 0.25) is 5.02 Å². The maximum absolute atomic E-state index is 11.7. The van der Waals surface area contributed by atoms with Crippen LogP contribution < -0.4 is 0 Å². The molecule has 2 unspecified atom stereocenters.